The fourth-order valence-corrected chi connectivity index (χ4v) is 1.67. The Kier molecular flexibility index (Phi) is 3.54. The molecular formula is C11H16N6O. The third-order valence-electron chi connectivity index (χ3n) is 2.50. The quantitative estimate of drug-likeness (QED) is 0.582. The highest BCUT2D eigenvalue weighted by Gasteiger charge is 2.07. The number of aromatic nitrogens is 4. The second kappa shape index (κ2) is 5.11. The molecule has 0 radical (unpaired) electrons. The van der Waals surface area contributed by atoms with Gasteiger partial charge in [-0.1, -0.05) is 0 Å². The minimum absolute atomic E-state index is 0.0304. The predicted octanol–water partition coefficient (Wildman–Crippen LogP) is -0.0485. The number of anilines is 1. The monoisotopic (exact) mass is 248 g/mol. The molecule has 0 bridgehead atoms. The van der Waals surface area contributed by atoms with Gasteiger partial charge in [-0.05, 0) is 32.0 Å². The Morgan fingerprint density at radius 1 is 1.33 bits per heavy atom. The van der Waals surface area contributed by atoms with E-state index in [1.165, 1.54) is 5.01 Å². The highest BCUT2D eigenvalue weighted by atomic mass is 16.3. The van der Waals surface area contributed by atoms with Crippen LogP contribution in [0.3, 0.4) is 0 Å². The average Bonchev–Trinajstić information content (AvgIpc) is 2.69. The molecule has 0 unspecified atom stereocenters. The molecule has 2 rings (SSSR count). The lowest BCUT2D eigenvalue weighted by Crippen LogP contribution is -2.34. The minimum atomic E-state index is -0.0304. The van der Waals surface area contributed by atoms with Gasteiger partial charge in [-0.3, -0.25) is 5.01 Å². The molecule has 0 aromatic carbocycles. The summed E-state index contributed by atoms with van der Waals surface area (Å²) in [7, 11) is 0. The third-order valence-corrected chi connectivity index (χ3v) is 2.50. The lowest BCUT2D eigenvalue weighted by atomic mass is 10.4. The van der Waals surface area contributed by atoms with Gasteiger partial charge in [0, 0.05) is 5.69 Å². The first-order valence-electron chi connectivity index (χ1n) is 5.62. The van der Waals surface area contributed by atoms with Crippen molar-refractivity contribution in [3.8, 4) is 5.82 Å². The highest BCUT2D eigenvalue weighted by Crippen LogP contribution is 2.11. The van der Waals surface area contributed by atoms with Gasteiger partial charge in [0.15, 0.2) is 11.6 Å². The Bertz CT molecular complexity index is 521. The molecule has 0 spiro atoms. The van der Waals surface area contributed by atoms with E-state index in [1.54, 1.807) is 16.8 Å². The van der Waals surface area contributed by atoms with Crippen molar-refractivity contribution in [2.24, 2.45) is 5.84 Å². The summed E-state index contributed by atoms with van der Waals surface area (Å²) in [6.07, 6.45) is 0. The molecule has 3 N–H and O–H groups in total. The Labute approximate surface area is 105 Å². The van der Waals surface area contributed by atoms with Gasteiger partial charge < -0.3 is 5.11 Å². The molecule has 96 valence electrons. The first kappa shape index (κ1) is 12.5. The highest BCUT2D eigenvalue weighted by molar-refractivity contribution is 5.38. The van der Waals surface area contributed by atoms with Gasteiger partial charge in [0.1, 0.15) is 0 Å². The van der Waals surface area contributed by atoms with Crippen molar-refractivity contribution in [1.29, 1.82) is 0 Å². The van der Waals surface area contributed by atoms with Crippen LogP contribution in [0.25, 0.3) is 5.82 Å². The maximum absolute atomic E-state index is 8.79. The molecule has 0 amide bonds. The van der Waals surface area contributed by atoms with Crippen LogP contribution in [0.4, 0.5) is 5.82 Å². The van der Waals surface area contributed by atoms with Gasteiger partial charge in [-0.2, -0.15) is 5.10 Å². The van der Waals surface area contributed by atoms with Crippen LogP contribution in [0.15, 0.2) is 18.2 Å². The van der Waals surface area contributed by atoms with E-state index < -0.39 is 0 Å². The fraction of sp³-hybridized carbons (Fsp3) is 0.364. The SMILES string of the molecule is Cc1cc(C)n(-c2ccc(N(N)CCO)nn2)n1. The van der Waals surface area contributed by atoms with Gasteiger partial charge in [0.05, 0.1) is 18.8 Å². The molecule has 7 heteroatoms. The fourth-order valence-electron chi connectivity index (χ4n) is 1.67. The average molecular weight is 248 g/mol. The maximum Gasteiger partial charge on any atom is 0.176 e. The van der Waals surface area contributed by atoms with Crippen LogP contribution >= 0.6 is 0 Å². The summed E-state index contributed by atoms with van der Waals surface area (Å²) >= 11 is 0. The zero-order valence-corrected chi connectivity index (χ0v) is 10.4. The molecule has 0 aliphatic rings. The lowest BCUT2D eigenvalue weighted by Gasteiger charge is -2.15. The predicted molar refractivity (Wildman–Crippen MR) is 67.2 cm³/mol. The summed E-state index contributed by atoms with van der Waals surface area (Å²) in [4.78, 5) is 0. The molecule has 0 fully saturated rings. The van der Waals surface area contributed by atoms with E-state index in [4.69, 9.17) is 10.9 Å². The number of nitrogens with two attached hydrogens (primary N) is 1. The number of nitrogens with zero attached hydrogens (tertiary/aromatic N) is 5. The van der Waals surface area contributed by atoms with Crippen LogP contribution in [-0.2, 0) is 0 Å². The van der Waals surface area contributed by atoms with E-state index in [0.29, 0.717) is 18.2 Å². The smallest absolute Gasteiger partial charge is 0.176 e. The van der Waals surface area contributed by atoms with Crippen LogP contribution in [0.5, 0.6) is 0 Å². The molecule has 2 heterocycles. The topological polar surface area (TPSA) is 93.1 Å². The third kappa shape index (κ3) is 2.47. The van der Waals surface area contributed by atoms with Crippen molar-refractivity contribution in [3.63, 3.8) is 0 Å². The van der Waals surface area contributed by atoms with E-state index >= 15 is 0 Å². The van der Waals surface area contributed by atoms with E-state index in [0.717, 1.165) is 11.4 Å². The zero-order valence-electron chi connectivity index (χ0n) is 10.4. The number of aliphatic hydroxyl groups is 1. The number of aliphatic hydroxyl groups excluding tert-OH is 1. The van der Waals surface area contributed by atoms with Crippen molar-refractivity contribution in [2.75, 3.05) is 18.2 Å². The summed E-state index contributed by atoms with van der Waals surface area (Å²) in [5.41, 5.74) is 1.92. The maximum atomic E-state index is 8.79. The van der Waals surface area contributed by atoms with Gasteiger partial charge in [-0.25, -0.2) is 10.5 Å². The van der Waals surface area contributed by atoms with Crippen molar-refractivity contribution in [3.05, 3.63) is 29.6 Å². The summed E-state index contributed by atoms with van der Waals surface area (Å²) in [5, 5.41) is 22.5. The van der Waals surface area contributed by atoms with Crippen molar-refractivity contribution >= 4 is 5.82 Å². The lowest BCUT2D eigenvalue weighted by molar-refractivity contribution is 0.302. The second-order valence-electron chi connectivity index (χ2n) is 4.01. The van der Waals surface area contributed by atoms with E-state index in [-0.39, 0.29) is 6.61 Å². The summed E-state index contributed by atoms with van der Waals surface area (Å²) in [5.74, 6) is 6.83. The summed E-state index contributed by atoms with van der Waals surface area (Å²) < 4.78 is 1.72. The largest absolute Gasteiger partial charge is 0.394 e. The first-order chi connectivity index (χ1) is 8.61. The Balaban J connectivity index is 2.25. The summed E-state index contributed by atoms with van der Waals surface area (Å²) in [6, 6.07) is 5.50. The number of hydrazine groups is 1. The molecule has 18 heavy (non-hydrogen) atoms. The number of hydrogen-bond acceptors (Lipinski definition) is 6. The van der Waals surface area contributed by atoms with Crippen LogP contribution < -0.4 is 10.9 Å². The number of rotatable bonds is 4. The Hall–Kier alpha value is -1.99. The van der Waals surface area contributed by atoms with Gasteiger partial charge in [0.25, 0.3) is 0 Å². The molecule has 0 atom stereocenters. The Morgan fingerprint density at radius 3 is 2.61 bits per heavy atom. The van der Waals surface area contributed by atoms with Crippen LogP contribution in [0.1, 0.15) is 11.4 Å². The van der Waals surface area contributed by atoms with Crippen molar-refractivity contribution in [2.45, 2.75) is 13.8 Å². The Morgan fingerprint density at radius 2 is 2.11 bits per heavy atom. The van der Waals surface area contributed by atoms with Gasteiger partial charge in [0.2, 0.25) is 0 Å². The molecule has 0 saturated heterocycles. The molecule has 0 saturated carbocycles. The van der Waals surface area contributed by atoms with E-state index in [2.05, 4.69) is 15.3 Å². The molecule has 2 aromatic rings. The van der Waals surface area contributed by atoms with Crippen LogP contribution in [0, 0.1) is 13.8 Å². The molecule has 0 aliphatic heterocycles. The normalized spacial score (nSPS) is 10.7. The van der Waals surface area contributed by atoms with Gasteiger partial charge >= 0.3 is 0 Å². The minimum Gasteiger partial charge on any atom is -0.394 e. The second-order valence-corrected chi connectivity index (χ2v) is 4.01. The van der Waals surface area contributed by atoms with Crippen LogP contribution in [-0.4, -0.2) is 38.2 Å². The van der Waals surface area contributed by atoms with E-state index in [9.17, 15) is 0 Å². The number of hydrogen-bond donors (Lipinski definition) is 2. The zero-order chi connectivity index (χ0) is 13.1. The molecule has 7 nitrogen and oxygen atoms in total. The standard InChI is InChI=1S/C11H16N6O/c1-8-7-9(2)17(15-8)11-4-3-10(13-14-11)16(12)5-6-18/h3-4,7,18H,5-6,12H2,1-2H3. The molecule has 0 aliphatic carbocycles. The van der Waals surface area contributed by atoms with Gasteiger partial charge in [-0.15, -0.1) is 10.2 Å². The molecule has 2 aromatic heterocycles. The van der Waals surface area contributed by atoms with E-state index in [1.807, 2.05) is 19.9 Å². The first-order valence-corrected chi connectivity index (χ1v) is 5.62. The van der Waals surface area contributed by atoms with Crippen molar-refractivity contribution in [1.82, 2.24) is 20.0 Å². The number of aryl methyl sites for hydroxylation is 2. The summed E-state index contributed by atoms with van der Waals surface area (Å²) in [6.45, 7) is 4.16. The molecular weight excluding hydrogens is 232 g/mol. The van der Waals surface area contributed by atoms with Crippen LogP contribution in [0.2, 0.25) is 0 Å². The van der Waals surface area contributed by atoms with Crippen molar-refractivity contribution < 1.29 is 5.11 Å².